The highest BCUT2D eigenvalue weighted by molar-refractivity contribution is 5.75. The van der Waals surface area contributed by atoms with Gasteiger partial charge in [-0.05, 0) is 12.8 Å². The fourth-order valence-electron chi connectivity index (χ4n) is 2.31. The zero-order valence-corrected chi connectivity index (χ0v) is 9.11. The first-order valence-electron chi connectivity index (χ1n) is 5.79. The number of rotatable bonds is 1. The normalized spacial score (nSPS) is 27.1. The third-order valence-electron chi connectivity index (χ3n) is 3.24. The topological polar surface area (TPSA) is 61.6 Å². The summed E-state index contributed by atoms with van der Waals surface area (Å²) < 4.78 is 0. The Labute approximate surface area is 90.6 Å². The lowest BCUT2D eigenvalue weighted by Crippen LogP contribution is -2.59. The van der Waals surface area contributed by atoms with Crippen molar-refractivity contribution in [2.75, 3.05) is 39.3 Å². The Hall–Kier alpha value is -0.810. The van der Waals surface area contributed by atoms with Crippen LogP contribution in [0.4, 0.5) is 4.79 Å². The number of amides is 2. The second kappa shape index (κ2) is 4.81. The van der Waals surface area contributed by atoms with Crippen molar-refractivity contribution in [3.63, 3.8) is 0 Å². The summed E-state index contributed by atoms with van der Waals surface area (Å²) in [6.07, 6.45) is 2.29. The molecule has 2 rings (SSSR count). The molecular formula is C10H20N4O. The lowest BCUT2D eigenvalue weighted by molar-refractivity contribution is 0.130. The van der Waals surface area contributed by atoms with Crippen LogP contribution in [0, 0.1) is 0 Å². The van der Waals surface area contributed by atoms with Crippen LogP contribution in [0.1, 0.15) is 12.8 Å². The molecule has 2 aliphatic heterocycles. The lowest BCUT2D eigenvalue weighted by Gasteiger charge is -2.37. The first-order valence-corrected chi connectivity index (χ1v) is 5.79. The molecule has 2 saturated heterocycles. The van der Waals surface area contributed by atoms with E-state index in [2.05, 4.69) is 5.32 Å². The van der Waals surface area contributed by atoms with Gasteiger partial charge in [0.25, 0.3) is 0 Å². The molecule has 0 aromatic heterocycles. The maximum Gasteiger partial charge on any atom is 0.320 e. The molecule has 0 aliphatic carbocycles. The van der Waals surface area contributed by atoms with Gasteiger partial charge >= 0.3 is 6.03 Å². The highest BCUT2D eigenvalue weighted by atomic mass is 16.2. The van der Waals surface area contributed by atoms with E-state index in [0.717, 1.165) is 45.6 Å². The Bertz CT molecular complexity index is 227. The Balaban J connectivity index is 1.96. The van der Waals surface area contributed by atoms with Crippen LogP contribution in [-0.4, -0.2) is 61.1 Å². The van der Waals surface area contributed by atoms with Crippen molar-refractivity contribution in [1.29, 1.82) is 0 Å². The Morgan fingerprint density at radius 1 is 1.33 bits per heavy atom. The van der Waals surface area contributed by atoms with Crippen LogP contribution in [0.25, 0.3) is 0 Å². The van der Waals surface area contributed by atoms with E-state index in [1.165, 1.54) is 0 Å². The summed E-state index contributed by atoms with van der Waals surface area (Å²) in [5.41, 5.74) is 5.68. The summed E-state index contributed by atoms with van der Waals surface area (Å²) in [6.45, 7) is 4.88. The summed E-state index contributed by atoms with van der Waals surface area (Å²) in [6, 6.07) is 0.358. The molecule has 2 fully saturated rings. The standard InChI is InChI=1S/C10H20N4O/c11-7-9-8-12-3-6-14(9)10(15)13-4-1-2-5-13/h9,12H,1-8,11H2. The molecule has 0 radical (unpaired) electrons. The van der Waals surface area contributed by atoms with Gasteiger partial charge in [0.1, 0.15) is 0 Å². The number of nitrogens with one attached hydrogen (secondary N) is 1. The predicted molar refractivity (Wildman–Crippen MR) is 58.6 cm³/mol. The van der Waals surface area contributed by atoms with Gasteiger partial charge in [0.15, 0.2) is 0 Å². The van der Waals surface area contributed by atoms with Crippen LogP contribution in [0.5, 0.6) is 0 Å². The second-order valence-corrected chi connectivity index (χ2v) is 4.26. The van der Waals surface area contributed by atoms with Gasteiger partial charge < -0.3 is 20.9 Å². The quantitative estimate of drug-likeness (QED) is 0.612. The van der Waals surface area contributed by atoms with Crippen molar-refractivity contribution in [2.45, 2.75) is 18.9 Å². The van der Waals surface area contributed by atoms with Crippen molar-refractivity contribution >= 4 is 6.03 Å². The van der Waals surface area contributed by atoms with Crippen molar-refractivity contribution in [3.05, 3.63) is 0 Å². The second-order valence-electron chi connectivity index (χ2n) is 4.26. The Morgan fingerprint density at radius 2 is 2.07 bits per heavy atom. The molecule has 0 aromatic rings. The number of hydrogen-bond donors (Lipinski definition) is 2. The number of urea groups is 1. The number of hydrogen-bond acceptors (Lipinski definition) is 3. The van der Waals surface area contributed by atoms with Crippen molar-refractivity contribution < 1.29 is 4.79 Å². The van der Waals surface area contributed by atoms with Crippen LogP contribution < -0.4 is 11.1 Å². The summed E-state index contributed by atoms with van der Waals surface area (Å²) in [5.74, 6) is 0. The van der Waals surface area contributed by atoms with E-state index >= 15 is 0 Å². The number of nitrogens with zero attached hydrogens (tertiary/aromatic N) is 2. The van der Waals surface area contributed by atoms with Gasteiger partial charge in [-0.15, -0.1) is 0 Å². The molecule has 1 atom stereocenters. The minimum atomic E-state index is 0.173. The van der Waals surface area contributed by atoms with E-state index in [-0.39, 0.29) is 12.1 Å². The number of piperazine rings is 1. The van der Waals surface area contributed by atoms with E-state index in [1.807, 2.05) is 9.80 Å². The lowest BCUT2D eigenvalue weighted by atomic mass is 10.2. The molecule has 0 bridgehead atoms. The molecule has 0 spiro atoms. The van der Waals surface area contributed by atoms with Gasteiger partial charge in [-0.1, -0.05) is 0 Å². The predicted octanol–water partition coefficient (Wildman–Crippen LogP) is -0.565. The molecule has 2 amide bonds. The zero-order valence-electron chi connectivity index (χ0n) is 9.11. The molecule has 1 unspecified atom stereocenters. The van der Waals surface area contributed by atoms with Crippen LogP contribution in [-0.2, 0) is 0 Å². The molecule has 2 heterocycles. The fourth-order valence-corrected chi connectivity index (χ4v) is 2.31. The van der Waals surface area contributed by atoms with Gasteiger partial charge in [0.2, 0.25) is 0 Å². The van der Waals surface area contributed by atoms with E-state index in [1.54, 1.807) is 0 Å². The molecule has 86 valence electrons. The first kappa shape index (κ1) is 10.7. The van der Waals surface area contributed by atoms with E-state index in [4.69, 9.17) is 5.73 Å². The maximum atomic E-state index is 12.1. The van der Waals surface area contributed by atoms with Gasteiger partial charge in [0.05, 0.1) is 6.04 Å². The number of carbonyl (C=O) groups excluding carboxylic acids is 1. The van der Waals surface area contributed by atoms with Crippen LogP contribution >= 0.6 is 0 Å². The van der Waals surface area contributed by atoms with Crippen molar-refractivity contribution in [1.82, 2.24) is 15.1 Å². The molecule has 5 heteroatoms. The summed E-state index contributed by atoms with van der Waals surface area (Å²) in [7, 11) is 0. The van der Waals surface area contributed by atoms with Gasteiger partial charge in [-0.3, -0.25) is 0 Å². The molecular weight excluding hydrogens is 192 g/mol. The first-order chi connectivity index (χ1) is 7.33. The van der Waals surface area contributed by atoms with E-state index < -0.39 is 0 Å². The molecule has 2 aliphatic rings. The molecule has 5 nitrogen and oxygen atoms in total. The average molecular weight is 212 g/mol. The molecule has 0 aromatic carbocycles. The van der Waals surface area contributed by atoms with Crippen LogP contribution in [0.2, 0.25) is 0 Å². The molecule has 15 heavy (non-hydrogen) atoms. The Morgan fingerprint density at radius 3 is 2.73 bits per heavy atom. The van der Waals surface area contributed by atoms with Crippen molar-refractivity contribution in [2.24, 2.45) is 5.73 Å². The smallest absolute Gasteiger partial charge is 0.320 e. The van der Waals surface area contributed by atoms with Gasteiger partial charge in [-0.25, -0.2) is 4.79 Å². The zero-order chi connectivity index (χ0) is 10.7. The minimum Gasteiger partial charge on any atom is -0.328 e. The Kier molecular flexibility index (Phi) is 3.43. The third kappa shape index (κ3) is 2.23. The highest BCUT2D eigenvalue weighted by Gasteiger charge is 2.29. The van der Waals surface area contributed by atoms with Crippen LogP contribution in [0.3, 0.4) is 0 Å². The summed E-state index contributed by atoms with van der Waals surface area (Å²) in [4.78, 5) is 16.0. The van der Waals surface area contributed by atoms with Crippen molar-refractivity contribution in [3.8, 4) is 0 Å². The van der Waals surface area contributed by atoms with Gasteiger partial charge in [0, 0.05) is 39.3 Å². The largest absolute Gasteiger partial charge is 0.328 e. The third-order valence-corrected chi connectivity index (χ3v) is 3.24. The minimum absolute atomic E-state index is 0.173. The highest BCUT2D eigenvalue weighted by Crippen LogP contribution is 2.13. The maximum absolute atomic E-state index is 12.1. The molecule has 0 saturated carbocycles. The van der Waals surface area contributed by atoms with Gasteiger partial charge in [-0.2, -0.15) is 0 Å². The number of likely N-dealkylation sites (tertiary alicyclic amines) is 1. The average Bonchev–Trinajstić information content (AvgIpc) is 2.81. The number of nitrogens with two attached hydrogens (primary N) is 1. The van der Waals surface area contributed by atoms with E-state index in [0.29, 0.717) is 6.54 Å². The van der Waals surface area contributed by atoms with E-state index in [9.17, 15) is 4.79 Å². The summed E-state index contributed by atoms with van der Waals surface area (Å²) >= 11 is 0. The van der Waals surface area contributed by atoms with Crippen LogP contribution in [0.15, 0.2) is 0 Å². The fraction of sp³-hybridized carbons (Fsp3) is 0.900. The SMILES string of the molecule is NCC1CNCCN1C(=O)N1CCCC1. The molecule has 3 N–H and O–H groups in total. The summed E-state index contributed by atoms with van der Waals surface area (Å²) in [5, 5.41) is 3.27. The number of carbonyl (C=O) groups is 1. The monoisotopic (exact) mass is 212 g/mol.